The summed E-state index contributed by atoms with van der Waals surface area (Å²) in [6, 6.07) is 12.8. The van der Waals surface area contributed by atoms with E-state index in [-0.39, 0.29) is 0 Å². The van der Waals surface area contributed by atoms with E-state index in [9.17, 15) is 0 Å². The average Bonchev–Trinajstić information content (AvgIpc) is 2.61. The third kappa shape index (κ3) is 2.76. The number of rotatable bonds is 2. The van der Waals surface area contributed by atoms with Crippen LogP contribution in [0.2, 0.25) is 0 Å². The molecule has 0 N–H and O–H groups in total. The lowest BCUT2D eigenvalue weighted by atomic mass is 10.1. The summed E-state index contributed by atoms with van der Waals surface area (Å²) in [5.41, 5.74) is 2.50. The summed E-state index contributed by atoms with van der Waals surface area (Å²) in [4.78, 5) is 6.62. The number of aromatic nitrogens is 1. The summed E-state index contributed by atoms with van der Waals surface area (Å²) in [6.45, 7) is 4.78. The SMILES string of the molecule is CC1COc2ccccc2CN1Cc1cccnc1. The standard InChI is InChI=1S/C16H18N2O/c1-13-12-19-16-7-3-2-6-15(16)11-18(13)10-14-5-4-8-17-9-14/h2-9,13H,10-12H2,1H3. The quantitative estimate of drug-likeness (QED) is 0.824. The maximum Gasteiger partial charge on any atom is 0.123 e. The fraction of sp³-hybridized carbons (Fsp3) is 0.312. The van der Waals surface area contributed by atoms with Gasteiger partial charge in [-0.2, -0.15) is 0 Å². The Kier molecular flexibility index (Phi) is 3.47. The second-order valence-electron chi connectivity index (χ2n) is 5.03. The average molecular weight is 254 g/mol. The lowest BCUT2D eigenvalue weighted by molar-refractivity contribution is 0.151. The molecule has 1 aliphatic rings. The number of nitrogens with zero attached hydrogens (tertiary/aromatic N) is 2. The maximum absolute atomic E-state index is 5.87. The van der Waals surface area contributed by atoms with Crippen molar-refractivity contribution in [3.63, 3.8) is 0 Å². The largest absolute Gasteiger partial charge is 0.492 e. The van der Waals surface area contributed by atoms with Gasteiger partial charge in [0.1, 0.15) is 12.4 Å². The second-order valence-corrected chi connectivity index (χ2v) is 5.03. The number of ether oxygens (including phenoxy) is 1. The van der Waals surface area contributed by atoms with Crippen molar-refractivity contribution >= 4 is 0 Å². The normalized spacial score (nSPS) is 19.3. The molecule has 3 nitrogen and oxygen atoms in total. The van der Waals surface area contributed by atoms with Crippen molar-refractivity contribution in [2.75, 3.05) is 6.61 Å². The summed E-state index contributed by atoms with van der Waals surface area (Å²) in [7, 11) is 0. The smallest absolute Gasteiger partial charge is 0.123 e. The van der Waals surface area contributed by atoms with E-state index in [0.717, 1.165) is 25.4 Å². The van der Waals surface area contributed by atoms with Gasteiger partial charge in [-0.1, -0.05) is 24.3 Å². The van der Waals surface area contributed by atoms with E-state index in [1.807, 2.05) is 24.5 Å². The van der Waals surface area contributed by atoms with Crippen molar-refractivity contribution in [1.29, 1.82) is 0 Å². The Morgan fingerprint density at radius 3 is 3.00 bits per heavy atom. The Hall–Kier alpha value is -1.87. The Morgan fingerprint density at radius 1 is 1.26 bits per heavy atom. The van der Waals surface area contributed by atoms with Crippen LogP contribution >= 0.6 is 0 Å². The van der Waals surface area contributed by atoms with Crippen LogP contribution in [0.4, 0.5) is 0 Å². The van der Waals surface area contributed by atoms with Gasteiger partial charge in [-0.15, -0.1) is 0 Å². The van der Waals surface area contributed by atoms with Gasteiger partial charge in [-0.25, -0.2) is 0 Å². The molecule has 0 bridgehead atoms. The molecule has 1 aromatic carbocycles. The first kappa shape index (κ1) is 12.2. The lowest BCUT2D eigenvalue weighted by Gasteiger charge is -2.25. The Bertz CT molecular complexity index is 541. The molecule has 1 unspecified atom stereocenters. The molecule has 0 spiro atoms. The molecule has 1 atom stereocenters. The molecule has 3 heteroatoms. The Balaban J connectivity index is 1.81. The van der Waals surface area contributed by atoms with Crippen molar-refractivity contribution in [1.82, 2.24) is 9.88 Å². The fourth-order valence-electron chi connectivity index (χ4n) is 2.40. The molecule has 19 heavy (non-hydrogen) atoms. The highest BCUT2D eigenvalue weighted by Gasteiger charge is 2.21. The minimum atomic E-state index is 0.396. The zero-order chi connectivity index (χ0) is 13.1. The third-order valence-electron chi connectivity index (χ3n) is 3.56. The van der Waals surface area contributed by atoms with Gasteiger partial charge in [0.15, 0.2) is 0 Å². The van der Waals surface area contributed by atoms with Crippen LogP contribution in [0.3, 0.4) is 0 Å². The van der Waals surface area contributed by atoms with Gasteiger partial charge >= 0.3 is 0 Å². The highest BCUT2D eigenvalue weighted by atomic mass is 16.5. The first-order valence-electron chi connectivity index (χ1n) is 6.66. The Morgan fingerprint density at radius 2 is 2.16 bits per heavy atom. The van der Waals surface area contributed by atoms with E-state index < -0.39 is 0 Å². The predicted molar refractivity (Wildman–Crippen MR) is 74.9 cm³/mol. The number of pyridine rings is 1. The molecule has 98 valence electrons. The van der Waals surface area contributed by atoms with Gasteiger partial charge in [0, 0.05) is 37.1 Å². The van der Waals surface area contributed by atoms with E-state index in [0.29, 0.717) is 6.04 Å². The van der Waals surface area contributed by atoms with E-state index in [4.69, 9.17) is 4.74 Å². The van der Waals surface area contributed by atoms with Gasteiger partial charge in [-0.3, -0.25) is 9.88 Å². The molecule has 0 saturated heterocycles. The summed E-state index contributed by atoms with van der Waals surface area (Å²) in [5, 5.41) is 0. The van der Waals surface area contributed by atoms with Crippen molar-refractivity contribution in [3.05, 3.63) is 59.9 Å². The molecule has 3 rings (SSSR count). The number of hydrogen-bond acceptors (Lipinski definition) is 3. The van der Waals surface area contributed by atoms with Gasteiger partial charge < -0.3 is 4.74 Å². The minimum absolute atomic E-state index is 0.396. The van der Waals surface area contributed by atoms with Gasteiger partial charge in [-0.05, 0) is 24.6 Å². The molecule has 0 aliphatic carbocycles. The first-order valence-corrected chi connectivity index (χ1v) is 6.66. The molecule has 1 aliphatic heterocycles. The van der Waals surface area contributed by atoms with Crippen LogP contribution in [0.1, 0.15) is 18.1 Å². The van der Waals surface area contributed by atoms with Crippen molar-refractivity contribution < 1.29 is 4.74 Å². The van der Waals surface area contributed by atoms with Crippen LogP contribution in [0.5, 0.6) is 5.75 Å². The zero-order valence-electron chi connectivity index (χ0n) is 11.1. The summed E-state index contributed by atoms with van der Waals surface area (Å²) in [5.74, 6) is 1.02. The number of benzene rings is 1. The highest BCUT2D eigenvalue weighted by molar-refractivity contribution is 5.34. The van der Waals surface area contributed by atoms with Crippen LogP contribution in [-0.2, 0) is 13.1 Å². The third-order valence-corrected chi connectivity index (χ3v) is 3.56. The van der Waals surface area contributed by atoms with Gasteiger partial charge in [0.2, 0.25) is 0 Å². The second kappa shape index (κ2) is 5.41. The molecule has 1 aromatic heterocycles. The van der Waals surface area contributed by atoms with E-state index in [1.165, 1.54) is 11.1 Å². The predicted octanol–water partition coefficient (Wildman–Crippen LogP) is 2.86. The molecule has 0 amide bonds. The molecule has 2 heterocycles. The lowest BCUT2D eigenvalue weighted by Crippen LogP contribution is -2.34. The van der Waals surface area contributed by atoms with Crippen molar-refractivity contribution in [2.45, 2.75) is 26.1 Å². The highest BCUT2D eigenvalue weighted by Crippen LogP contribution is 2.25. The molecule has 0 fully saturated rings. The van der Waals surface area contributed by atoms with Crippen LogP contribution < -0.4 is 4.74 Å². The number of hydrogen-bond donors (Lipinski definition) is 0. The fourth-order valence-corrected chi connectivity index (χ4v) is 2.40. The molecule has 0 radical (unpaired) electrons. The molecule has 0 saturated carbocycles. The minimum Gasteiger partial charge on any atom is -0.492 e. The summed E-state index contributed by atoms with van der Waals surface area (Å²) >= 11 is 0. The topological polar surface area (TPSA) is 25.4 Å². The van der Waals surface area contributed by atoms with Crippen LogP contribution in [0.25, 0.3) is 0 Å². The van der Waals surface area contributed by atoms with E-state index in [1.54, 1.807) is 0 Å². The van der Waals surface area contributed by atoms with Gasteiger partial charge in [0.25, 0.3) is 0 Å². The van der Waals surface area contributed by atoms with Crippen molar-refractivity contribution in [3.8, 4) is 5.75 Å². The van der Waals surface area contributed by atoms with Gasteiger partial charge in [0.05, 0.1) is 0 Å². The first-order chi connectivity index (χ1) is 9.33. The molecular formula is C16H18N2O. The zero-order valence-corrected chi connectivity index (χ0v) is 11.1. The van der Waals surface area contributed by atoms with E-state index >= 15 is 0 Å². The number of fused-ring (bicyclic) bond motifs is 1. The molecular weight excluding hydrogens is 236 g/mol. The Labute approximate surface area is 113 Å². The summed E-state index contributed by atoms with van der Waals surface area (Å²) in [6.07, 6.45) is 3.75. The van der Waals surface area contributed by atoms with E-state index in [2.05, 4.69) is 41.1 Å². The maximum atomic E-state index is 5.87. The monoisotopic (exact) mass is 254 g/mol. The number of para-hydroxylation sites is 1. The van der Waals surface area contributed by atoms with Crippen molar-refractivity contribution in [2.24, 2.45) is 0 Å². The molecule has 2 aromatic rings. The van der Waals surface area contributed by atoms with Crippen LogP contribution in [-0.4, -0.2) is 22.5 Å². The van der Waals surface area contributed by atoms with Crippen LogP contribution in [0, 0.1) is 0 Å². The van der Waals surface area contributed by atoms with Crippen LogP contribution in [0.15, 0.2) is 48.8 Å². The summed E-state index contributed by atoms with van der Waals surface area (Å²) < 4.78 is 5.87.